The average molecular weight is 372 g/mol. The average Bonchev–Trinajstić information content (AvgIpc) is 2.45. The molecule has 0 heterocycles. The maximum atomic E-state index is 2.42. The van der Waals surface area contributed by atoms with Gasteiger partial charge in [-0.15, -0.1) is 0 Å². The van der Waals surface area contributed by atoms with E-state index in [4.69, 9.17) is 0 Å². The first kappa shape index (κ1) is 13.6. The molecule has 1 heteroatoms. The van der Waals surface area contributed by atoms with Crippen LogP contribution in [0.15, 0.2) is 54.6 Å². The minimum absolute atomic E-state index is 1.01. The van der Waals surface area contributed by atoms with Gasteiger partial charge in [0.1, 0.15) is 0 Å². The summed E-state index contributed by atoms with van der Waals surface area (Å²) in [5.41, 5.74) is 5.59. The second kappa shape index (κ2) is 5.57. The van der Waals surface area contributed by atoms with Gasteiger partial charge in [0.25, 0.3) is 0 Å². The zero-order chi connectivity index (χ0) is 14.1. The van der Waals surface area contributed by atoms with Crippen molar-refractivity contribution < 1.29 is 0 Å². The van der Waals surface area contributed by atoms with Crippen LogP contribution in [0.2, 0.25) is 0 Å². The summed E-state index contributed by atoms with van der Waals surface area (Å²) < 4.78 is 1.34. The highest BCUT2D eigenvalue weighted by atomic mass is 127. The first-order valence-corrected chi connectivity index (χ1v) is 7.96. The second-order valence-electron chi connectivity index (χ2n) is 5.29. The zero-order valence-corrected chi connectivity index (χ0v) is 13.9. The number of rotatable bonds is 2. The predicted octanol–water partition coefficient (Wildman–Crippen LogP) is 5.65. The van der Waals surface area contributed by atoms with Crippen molar-refractivity contribution in [3.63, 3.8) is 0 Å². The monoisotopic (exact) mass is 372 g/mol. The highest BCUT2D eigenvalue weighted by molar-refractivity contribution is 14.1. The molecule has 0 saturated carbocycles. The van der Waals surface area contributed by atoms with E-state index in [1.165, 1.54) is 36.6 Å². The number of hydrogen-bond donors (Lipinski definition) is 0. The van der Waals surface area contributed by atoms with E-state index in [-0.39, 0.29) is 0 Å². The van der Waals surface area contributed by atoms with Crippen molar-refractivity contribution in [1.29, 1.82) is 0 Å². The molecule has 0 fully saturated rings. The summed E-state index contributed by atoms with van der Waals surface area (Å²) in [4.78, 5) is 0. The third-order valence-corrected chi connectivity index (χ3v) is 5.05. The Hall–Kier alpha value is -1.35. The van der Waals surface area contributed by atoms with Gasteiger partial charge >= 0.3 is 0 Å². The Morgan fingerprint density at radius 2 is 1.55 bits per heavy atom. The molecule has 0 spiro atoms. The number of benzene rings is 3. The van der Waals surface area contributed by atoms with Crippen LogP contribution in [0.5, 0.6) is 0 Å². The van der Waals surface area contributed by atoms with E-state index in [9.17, 15) is 0 Å². The van der Waals surface area contributed by atoms with Gasteiger partial charge < -0.3 is 0 Å². The van der Waals surface area contributed by atoms with Crippen LogP contribution in [-0.2, 0) is 6.42 Å². The Morgan fingerprint density at radius 3 is 2.35 bits per heavy atom. The van der Waals surface area contributed by atoms with Crippen LogP contribution >= 0.6 is 22.6 Å². The van der Waals surface area contributed by atoms with Crippen molar-refractivity contribution in [3.05, 3.63) is 80.4 Å². The Morgan fingerprint density at radius 1 is 0.750 bits per heavy atom. The van der Waals surface area contributed by atoms with Crippen LogP contribution < -0.4 is 0 Å². The van der Waals surface area contributed by atoms with Gasteiger partial charge in [0.05, 0.1) is 0 Å². The topological polar surface area (TPSA) is 0 Å². The molecule has 0 N–H and O–H groups in total. The van der Waals surface area contributed by atoms with Gasteiger partial charge in [-0.05, 0) is 82.0 Å². The third kappa shape index (κ3) is 2.47. The van der Waals surface area contributed by atoms with Gasteiger partial charge in [0, 0.05) is 3.57 Å². The molecule has 0 aliphatic carbocycles. The SMILES string of the molecule is Cc1cccc2c(C)c(Cc3ccccc3I)ccc12. The maximum absolute atomic E-state index is 2.42. The molecular weight excluding hydrogens is 355 g/mol. The van der Waals surface area contributed by atoms with Crippen molar-refractivity contribution in [2.45, 2.75) is 20.3 Å². The molecule has 100 valence electrons. The third-order valence-electron chi connectivity index (χ3n) is 4.00. The van der Waals surface area contributed by atoms with Crippen LogP contribution in [-0.4, -0.2) is 0 Å². The quantitative estimate of drug-likeness (QED) is 0.510. The van der Waals surface area contributed by atoms with Crippen LogP contribution in [0.4, 0.5) is 0 Å². The minimum atomic E-state index is 1.01. The van der Waals surface area contributed by atoms with Crippen LogP contribution in [0.3, 0.4) is 0 Å². The first-order chi connectivity index (χ1) is 9.66. The maximum Gasteiger partial charge on any atom is 0.0165 e. The molecular formula is C19H17I. The van der Waals surface area contributed by atoms with E-state index in [0.717, 1.165) is 6.42 Å². The zero-order valence-electron chi connectivity index (χ0n) is 11.8. The minimum Gasteiger partial charge on any atom is -0.0619 e. The highest BCUT2D eigenvalue weighted by Gasteiger charge is 2.07. The van der Waals surface area contributed by atoms with E-state index in [1.54, 1.807) is 0 Å². The number of fused-ring (bicyclic) bond motifs is 1. The smallest absolute Gasteiger partial charge is 0.0165 e. The van der Waals surface area contributed by atoms with Gasteiger partial charge in [-0.25, -0.2) is 0 Å². The number of aryl methyl sites for hydroxylation is 2. The van der Waals surface area contributed by atoms with Gasteiger partial charge in [-0.1, -0.05) is 48.5 Å². The summed E-state index contributed by atoms with van der Waals surface area (Å²) >= 11 is 2.42. The number of hydrogen-bond acceptors (Lipinski definition) is 0. The fraction of sp³-hybridized carbons (Fsp3) is 0.158. The van der Waals surface area contributed by atoms with Crippen molar-refractivity contribution >= 4 is 33.4 Å². The molecule has 0 amide bonds. The summed E-state index contributed by atoms with van der Waals surface area (Å²) in [5.74, 6) is 0. The molecule has 0 bridgehead atoms. The molecule has 0 nitrogen and oxygen atoms in total. The summed E-state index contributed by atoms with van der Waals surface area (Å²) in [6, 6.07) is 19.7. The normalized spacial score (nSPS) is 10.9. The highest BCUT2D eigenvalue weighted by Crippen LogP contribution is 2.27. The summed E-state index contributed by atoms with van der Waals surface area (Å²) in [5, 5.41) is 2.75. The number of halogens is 1. The lowest BCUT2D eigenvalue weighted by Gasteiger charge is -2.12. The molecule has 0 aliphatic rings. The molecule has 0 radical (unpaired) electrons. The van der Waals surface area contributed by atoms with E-state index in [2.05, 4.69) is 91.0 Å². The Labute approximate surface area is 134 Å². The summed E-state index contributed by atoms with van der Waals surface area (Å²) in [6.45, 7) is 4.43. The second-order valence-corrected chi connectivity index (χ2v) is 6.45. The van der Waals surface area contributed by atoms with Crippen molar-refractivity contribution in [2.75, 3.05) is 0 Å². The van der Waals surface area contributed by atoms with Gasteiger partial charge in [-0.3, -0.25) is 0 Å². The Bertz CT molecular complexity index is 772. The lowest BCUT2D eigenvalue weighted by molar-refractivity contribution is 1.15. The van der Waals surface area contributed by atoms with Gasteiger partial charge in [0.2, 0.25) is 0 Å². The fourth-order valence-corrected chi connectivity index (χ4v) is 3.33. The summed E-state index contributed by atoms with van der Waals surface area (Å²) in [6.07, 6.45) is 1.01. The van der Waals surface area contributed by atoms with Crippen LogP contribution in [0, 0.1) is 17.4 Å². The lowest BCUT2D eigenvalue weighted by Crippen LogP contribution is -1.95. The molecule has 0 atom stereocenters. The summed E-state index contributed by atoms with van der Waals surface area (Å²) in [7, 11) is 0. The Balaban J connectivity index is 2.10. The lowest BCUT2D eigenvalue weighted by atomic mass is 9.94. The standard InChI is InChI=1S/C19H17I/c1-13-6-5-8-18-14(2)15(10-11-17(13)18)12-16-7-3-4-9-19(16)20/h3-11H,12H2,1-2H3. The van der Waals surface area contributed by atoms with Crippen LogP contribution in [0.25, 0.3) is 10.8 Å². The predicted molar refractivity (Wildman–Crippen MR) is 95.4 cm³/mol. The van der Waals surface area contributed by atoms with Crippen molar-refractivity contribution in [3.8, 4) is 0 Å². The van der Waals surface area contributed by atoms with E-state index in [0.29, 0.717) is 0 Å². The first-order valence-electron chi connectivity index (χ1n) is 6.88. The van der Waals surface area contributed by atoms with Crippen LogP contribution in [0.1, 0.15) is 22.3 Å². The van der Waals surface area contributed by atoms with Crippen molar-refractivity contribution in [2.24, 2.45) is 0 Å². The van der Waals surface area contributed by atoms with Gasteiger partial charge in [-0.2, -0.15) is 0 Å². The molecule has 0 aliphatic heterocycles. The van der Waals surface area contributed by atoms with Crippen molar-refractivity contribution in [1.82, 2.24) is 0 Å². The van der Waals surface area contributed by atoms with E-state index < -0.39 is 0 Å². The largest absolute Gasteiger partial charge is 0.0619 e. The fourth-order valence-electron chi connectivity index (χ4n) is 2.75. The molecule has 0 aromatic heterocycles. The molecule has 3 rings (SSSR count). The molecule has 3 aromatic rings. The van der Waals surface area contributed by atoms with E-state index >= 15 is 0 Å². The Kier molecular flexibility index (Phi) is 3.79. The van der Waals surface area contributed by atoms with Gasteiger partial charge in [0.15, 0.2) is 0 Å². The molecule has 20 heavy (non-hydrogen) atoms. The van der Waals surface area contributed by atoms with E-state index in [1.807, 2.05) is 0 Å². The molecule has 0 unspecified atom stereocenters. The molecule has 3 aromatic carbocycles. The molecule has 0 saturated heterocycles.